The van der Waals surface area contributed by atoms with Crippen LogP contribution in [-0.2, 0) is 0 Å². The molecular weight excluding hydrogens is 291 g/mol. The number of pyridine rings is 1. The third-order valence-corrected chi connectivity index (χ3v) is 3.99. The molecule has 20 heavy (non-hydrogen) atoms. The predicted octanol–water partition coefficient (Wildman–Crippen LogP) is 4.79. The maximum Gasteiger partial charge on any atom is 0.0643 e. The highest BCUT2D eigenvalue weighted by atomic mass is 35.5. The molecule has 1 aromatic carbocycles. The summed E-state index contributed by atoms with van der Waals surface area (Å²) < 4.78 is 0. The van der Waals surface area contributed by atoms with E-state index in [1.54, 1.807) is 6.07 Å². The molecule has 2 rings (SSSR count). The van der Waals surface area contributed by atoms with Gasteiger partial charge in [0.1, 0.15) is 0 Å². The van der Waals surface area contributed by atoms with Crippen LogP contribution in [0, 0.1) is 6.92 Å². The molecule has 0 spiro atoms. The van der Waals surface area contributed by atoms with E-state index >= 15 is 0 Å². The summed E-state index contributed by atoms with van der Waals surface area (Å²) in [5, 5.41) is 4.68. The summed E-state index contributed by atoms with van der Waals surface area (Å²) in [5.74, 6) is 0. The van der Waals surface area contributed by atoms with Crippen molar-refractivity contribution in [2.24, 2.45) is 0 Å². The number of aromatic nitrogens is 1. The molecule has 4 heteroatoms. The van der Waals surface area contributed by atoms with Crippen LogP contribution in [0.5, 0.6) is 0 Å². The zero-order valence-electron chi connectivity index (χ0n) is 11.7. The standard InChI is InChI=1S/C16H18Cl2N2/c1-3-9-19-16(12-8-7-11(2)20-10-12)13-5-4-6-14(17)15(13)18/h4-8,10,16,19H,3,9H2,1-2H3. The molecule has 0 bridgehead atoms. The van der Waals surface area contributed by atoms with E-state index in [-0.39, 0.29) is 6.04 Å². The van der Waals surface area contributed by atoms with Gasteiger partial charge in [0, 0.05) is 11.9 Å². The van der Waals surface area contributed by atoms with Crippen LogP contribution in [0.15, 0.2) is 36.5 Å². The average Bonchev–Trinajstić information content (AvgIpc) is 2.45. The van der Waals surface area contributed by atoms with Crippen molar-refractivity contribution in [2.45, 2.75) is 26.3 Å². The molecule has 2 nitrogen and oxygen atoms in total. The molecule has 1 aromatic heterocycles. The Hall–Kier alpha value is -1.09. The summed E-state index contributed by atoms with van der Waals surface area (Å²) in [6.45, 7) is 5.02. The molecule has 1 N–H and O–H groups in total. The van der Waals surface area contributed by atoms with Gasteiger partial charge < -0.3 is 5.32 Å². The predicted molar refractivity (Wildman–Crippen MR) is 85.6 cm³/mol. The first-order valence-corrected chi connectivity index (χ1v) is 7.49. The van der Waals surface area contributed by atoms with Crippen LogP contribution in [0.2, 0.25) is 10.0 Å². The van der Waals surface area contributed by atoms with Gasteiger partial charge in [0.25, 0.3) is 0 Å². The lowest BCUT2D eigenvalue weighted by molar-refractivity contribution is 0.597. The number of hydrogen-bond donors (Lipinski definition) is 1. The second-order valence-corrected chi connectivity index (χ2v) is 5.55. The topological polar surface area (TPSA) is 24.9 Å². The van der Waals surface area contributed by atoms with Crippen molar-refractivity contribution < 1.29 is 0 Å². The van der Waals surface area contributed by atoms with Gasteiger partial charge in [-0.2, -0.15) is 0 Å². The molecule has 1 heterocycles. The van der Waals surface area contributed by atoms with Gasteiger partial charge in [0.05, 0.1) is 16.1 Å². The normalized spacial score (nSPS) is 12.4. The molecule has 2 aromatic rings. The van der Waals surface area contributed by atoms with Gasteiger partial charge in [0.15, 0.2) is 0 Å². The van der Waals surface area contributed by atoms with Crippen LogP contribution in [0.3, 0.4) is 0 Å². The summed E-state index contributed by atoms with van der Waals surface area (Å²) in [4.78, 5) is 4.37. The fraction of sp³-hybridized carbons (Fsp3) is 0.312. The fourth-order valence-electron chi connectivity index (χ4n) is 2.09. The third-order valence-electron chi connectivity index (χ3n) is 3.16. The van der Waals surface area contributed by atoms with Gasteiger partial charge in [-0.3, -0.25) is 4.98 Å². The molecule has 0 aliphatic carbocycles. The number of rotatable bonds is 5. The number of nitrogens with zero attached hydrogens (tertiary/aromatic N) is 1. The van der Waals surface area contributed by atoms with Gasteiger partial charge in [-0.15, -0.1) is 0 Å². The lowest BCUT2D eigenvalue weighted by atomic mass is 9.99. The van der Waals surface area contributed by atoms with Gasteiger partial charge >= 0.3 is 0 Å². The van der Waals surface area contributed by atoms with Crippen molar-refractivity contribution in [3.05, 3.63) is 63.4 Å². The Bertz CT molecular complexity index is 567. The zero-order chi connectivity index (χ0) is 14.5. The second kappa shape index (κ2) is 7.07. The van der Waals surface area contributed by atoms with E-state index in [1.165, 1.54) is 0 Å². The molecular formula is C16H18Cl2N2. The molecule has 1 atom stereocenters. The van der Waals surface area contributed by atoms with Gasteiger partial charge in [-0.05, 0) is 43.1 Å². The molecule has 0 aliphatic rings. The summed E-state index contributed by atoms with van der Waals surface area (Å²) in [6, 6.07) is 9.82. The SMILES string of the molecule is CCCNC(c1ccc(C)nc1)c1cccc(Cl)c1Cl. The van der Waals surface area contributed by atoms with Gasteiger partial charge in [0.2, 0.25) is 0 Å². The number of halogens is 2. The Labute approximate surface area is 130 Å². The largest absolute Gasteiger partial charge is 0.306 e. The number of nitrogens with one attached hydrogen (secondary N) is 1. The Kier molecular flexibility index (Phi) is 5.41. The minimum atomic E-state index is 0.00856. The average molecular weight is 309 g/mol. The summed E-state index contributed by atoms with van der Waals surface area (Å²) >= 11 is 12.5. The summed E-state index contributed by atoms with van der Waals surface area (Å²) in [7, 11) is 0. The first-order valence-electron chi connectivity index (χ1n) is 6.73. The Morgan fingerprint density at radius 3 is 2.65 bits per heavy atom. The van der Waals surface area contributed by atoms with E-state index in [9.17, 15) is 0 Å². The van der Waals surface area contributed by atoms with Crippen LogP contribution in [0.25, 0.3) is 0 Å². The van der Waals surface area contributed by atoms with Crippen molar-refractivity contribution >= 4 is 23.2 Å². The number of benzene rings is 1. The van der Waals surface area contributed by atoms with E-state index in [2.05, 4.69) is 23.3 Å². The lowest BCUT2D eigenvalue weighted by Crippen LogP contribution is -2.23. The molecule has 0 saturated carbocycles. The first kappa shape index (κ1) is 15.3. The molecule has 106 valence electrons. The maximum atomic E-state index is 6.36. The Balaban J connectivity index is 2.41. The molecule has 0 aliphatic heterocycles. The second-order valence-electron chi connectivity index (χ2n) is 4.76. The van der Waals surface area contributed by atoms with Crippen molar-refractivity contribution in [2.75, 3.05) is 6.54 Å². The zero-order valence-corrected chi connectivity index (χ0v) is 13.2. The maximum absolute atomic E-state index is 6.36. The molecule has 0 saturated heterocycles. The minimum absolute atomic E-state index is 0.00856. The van der Waals surface area contributed by atoms with Crippen LogP contribution in [0.4, 0.5) is 0 Å². The van der Waals surface area contributed by atoms with Crippen molar-refractivity contribution in [1.82, 2.24) is 10.3 Å². The third kappa shape index (κ3) is 3.51. The van der Waals surface area contributed by atoms with E-state index in [4.69, 9.17) is 23.2 Å². The van der Waals surface area contributed by atoms with Crippen LogP contribution in [0.1, 0.15) is 36.2 Å². The van der Waals surface area contributed by atoms with E-state index < -0.39 is 0 Å². The van der Waals surface area contributed by atoms with E-state index in [1.807, 2.05) is 31.3 Å². The molecule has 0 radical (unpaired) electrons. The van der Waals surface area contributed by atoms with Crippen LogP contribution < -0.4 is 5.32 Å². The molecule has 0 amide bonds. The number of aryl methyl sites for hydroxylation is 1. The van der Waals surface area contributed by atoms with Crippen LogP contribution in [-0.4, -0.2) is 11.5 Å². The summed E-state index contributed by atoms with van der Waals surface area (Å²) in [5.41, 5.74) is 3.08. The van der Waals surface area contributed by atoms with E-state index in [0.717, 1.165) is 29.8 Å². The highest BCUT2D eigenvalue weighted by molar-refractivity contribution is 6.42. The van der Waals surface area contributed by atoms with E-state index in [0.29, 0.717) is 10.0 Å². The lowest BCUT2D eigenvalue weighted by Gasteiger charge is -2.21. The first-order chi connectivity index (χ1) is 9.63. The van der Waals surface area contributed by atoms with Crippen LogP contribution >= 0.6 is 23.2 Å². The smallest absolute Gasteiger partial charge is 0.0643 e. The minimum Gasteiger partial charge on any atom is -0.306 e. The van der Waals surface area contributed by atoms with Gasteiger partial charge in [-0.25, -0.2) is 0 Å². The highest BCUT2D eigenvalue weighted by Crippen LogP contribution is 2.33. The Morgan fingerprint density at radius 1 is 1.20 bits per heavy atom. The number of hydrogen-bond acceptors (Lipinski definition) is 2. The van der Waals surface area contributed by atoms with Gasteiger partial charge in [-0.1, -0.05) is 48.3 Å². The quantitative estimate of drug-likeness (QED) is 0.859. The highest BCUT2D eigenvalue weighted by Gasteiger charge is 2.17. The fourth-order valence-corrected chi connectivity index (χ4v) is 2.51. The molecule has 0 fully saturated rings. The Morgan fingerprint density at radius 2 is 2.00 bits per heavy atom. The molecule has 1 unspecified atom stereocenters. The summed E-state index contributed by atoms with van der Waals surface area (Å²) in [6.07, 6.45) is 2.94. The monoisotopic (exact) mass is 308 g/mol. The van der Waals surface area contributed by atoms with Crippen molar-refractivity contribution in [3.63, 3.8) is 0 Å². The van der Waals surface area contributed by atoms with Crippen molar-refractivity contribution in [3.8, 4) is 0 Å². The van der Waals surface area contributed by atoms with Crippen molar-refractivity contribution in [1.29, 1.82) is 0 Å².